The number of Topliss-reactive ketones (excluding diaryl/α,β-unsaturated/α-hetero) is 1. The third-order valence-electron chi connectivity index (χ3n) is 4.23. The molecule has 0 fully saturated rings. The zero-order chi connectivity index (χ0) is 17.3. The van der Waals surface area contributed by atoms with Gasteiger partial charge in [0.25, 0.3) is 0 Å². The number of fused-ring (bicyclic) bond motifs is 1. The standard InChI is InChI=1S/C19H19ClN2O2/c1-4-22-12(2)10-15(13(22)3)17(23)11-24-18-8-7-16(20)14-6-5-9-21-19(14)18/h5-10H,4,11H2,1-3H3. The number of ketones is 1. The van der Waals surface area contributed by atoms with Crippen molar-refractivity contribution in [2.24, 2.45) is 0 Å². The molecular weight excluding hydrogens is 324 g/mol. The van der Waals surface area contributed by atoms with Crippen LogP contribution < -0.4 is 4.74 Å². The predicted molar refractivity (Wildman–Crippen MR) is 96.2 cm³/mol. The minimum absolute atomic E-state index is 0.0265. The Hall–Kier alpha value is -2.33. The Morgan fingerprint density at radius 1 is 1.29 bits per heavy atom. The van der Waals surface area contributed by atoms with Crippen LogP contribution in [0, 0.1) is 13.8 Å². The zero-order valence-corrected chi connectivity index (χ0v) is 14.7. The summed E-state index contributed by atoms with van der Waals surface area (Å²) in [5, 5.41) is 1.43. The van der Waals surface area contributed by atoms with Gasteiger partial charge in [0.15, 0.2) is 6.61 Å². The third kappa shape index (κ3) is 2.89. The summed E-state index contributed by atoms with van der Waals surface area (Å²) in [4.78, 5) is 16.9. The van der Waals surface area contributed by atoms with Crippen LogP contribution >= 0.6 is 11.6 Å². The number of rotatable bonds is 5. The van der Waals surface area contributed by atoms with E-state index in [4.69, 9.17) is 16.3 Å². The largest absolute Gasteiger partial charge is 0.483 e. The number of carbonyl (C=O) groups is 1. The molecule has 0 spiro atoms. The number of carbonyl (C=O) groups excluding carboxylic acids is 1. The molecule has 124 valence electrons. The van der Waals surface area contributed by atoms with E-state index in [2.05, 4.69) is 16.5 Å². The number of pyridine rings is 1. The molecule has 4 nitrogen and oxygen atoms in total. The first-order valence-corrected chi connectivity index (χ1v) is 8.26. The molecule has 0 aliphatic rings. The first-order chi connectivity index (χ1) is 11.5. The van der Waals surface area contributed by atoms with E-state index in [0.29, 0.717) is 21.9 Å². The molecule has 0 atom stereocenters. The molecule has 5 heteroatoms. The number of benzene rings is 1. The monoisotopic (exact) mass is 342 g/mol. The lowest BCUT2D eigenvalue weighted by Crippen LogP contribution is -2.13. The molecule has 0 unspecified atom stereocenters. The van der Waals surface area contributed by atoms with Gasteiger partial charge in [0.2, 0.25) is 5.78 Å². The molecule has 0 radical (unpaired) electrons. The summed E-state index contributed by atoms with van der Waals surface area (Å²) in [6.45, 7) is 6.85. The van der Waals surface area contributed by atoms with Crippen LogP contribution in [0.4, 0.5) is 0 Å². The zero-order valence-electron chi connectivity index (χ0n) is 14.0. The fourth-order valence-corrected chi connectivity index (χ4v) is 3.23. The van der Waals surface area contributed by atoms with Crippen molar-refractivity contribution >= 4 is 28.3 Å². The lowest BCUT2D eigenvalue weighted by molar-refractivity contribution is 0.0922. The van der Waals surface area contributed by atoms with Crippen molar-refractivity contribution in [1.82, 2.24) is 9.55 Å². The van der Waals surface area contributed by atoms with E-state index in [1.165, 1.54) is 0 Å². The van der Waals surface area contributed by atoms with Crippen LogP contribution in [0.2, 0.25) is 5.02 Å². The first kappa shape index (κ1) is 16.5. The van der Waals surface area contributed by atoms with E-state index in [-0.39, 0.29) is 12.4 Å². The van der Waals surface area contributed by atoms with Gasteiger partial charge >= 0.3 is 0 Å². The molecule has 2 aromatic heterocycles. The Morgan fingerprint density at radius 3 is 2.79 bits per heavy atom. The lowest BCUT2D eigenvalue weighted by Gasteiger charge is -2.09. The van der Waals surface area contributed by atoms with Crippen molar-refractivity contribution in [1.29, 1.82) is 0 Å². The summed E-state index contributed by atoms with van der Waals surface area (Å²) < 4.78 is 7.87. The normalized spacial score (nSPS) is 11.0. The number of nitrogens with zero attached hydrogens (tertiary/aromatic N) is 2. The highest BCUT2D eigenvalue weighted by atomic mass is 35.5. The number of halogens is 1. The van der Waals surface area contributed by atoms with Crippen LogP contribution in [0.5, 0.6) is 5.75 Å². The van der Waals surface area contributed by atoms with E-state index >= 15 is 0 Å². The molecule has 0 amide bonds. The maximum Gasteiger partial charge on any atom is 0.202 e. The fourth-order valence-electron chi connectivity index (χ4n) is 3.02. The maximum atomic E-state index is 12.5. The van der Waals surface area contributed by atoms with Gasteiger partial charge in [0.1, 0.15) is 11.3 Å². The maximum absolute atomic E-state index is 12.5. The molecule has 2 heterocycles. The van der Waals surface area contributed by atoms with Crippen molar-refractivity contribution in [3.63, 3.8) is 0 Å². The highest BCUT2D eigenvalue weighted by molar-refractivity contribution is 6.35. The highest BCUT2D eigenvalue weighted by Crippen LogP contribution is 2.29. The van der Waals surface area contributed by atoms with Crippen LogP contribution in [0.25, 0.3) is 10.9 Å². The van der Waals surface area contributed by atoms with Crippen molar-refractivity contribution in [3.05, 3.63) is 58.5 Å². The first-order valence-electron chi connectivity index (χ1n) is 7.89. The Kier molecular flexibility index (Phi) is 4.58. The number of hydrogen-bond acceptors (Lipinski definition) is 3. The molecular formula is C19H19ClN2O2. The second-order valence-corrected chi connectivity index (χ2v) is 6.09. The number of ether oxygens (including phenoxy) is 1. The van der Waals surface area contributed by atoms with Crippen molar-refractivity contribution < 1.29 is 9.53 Å². The molecule has 0 saturated heterocycles. The fraction of sp³-hybridized carbons (Fsp3) is 0.263. The van der Waals surface area contributed by atoms with Gasteiger partial charge in [0.05, 0.1) is 5.02 Å². The van der Waals surface area contributed by atoms with Gasteiger partial charge in [-0.3, -0.25) is 9.78 Å². The van der Waals surface area contributed by atoms with Crippen molar-refractivity contribution in [3.8, 4) is 5.75 Å². The van der Waals surface area contributed by atoms with Crippen LogP contribution in [0.1, 0.15) is 28.7 Å². The summed E-state index contributed by atoms with van der Waals surface area (Å²) in [7, 11) is 0. The average molecular weight is 343 g/mol. The SMILES string of the molecule is CCn1c(C)cc(C(=O)COc2ccc(Cl)c3cccnc23)c1C. The van der Waals surface area contributed by atoms with E-state index in [0.717, 1.165) is 23.3 Å². The van der Waals surface area contributed by atoms with E-state index in [1.54, 1.807) is 18.3 Å². The smallest absolute Gasteiger partial charge is 0.202 e. The Labute approximate surface area is 146 Å². The number of aromatic nitrogens is 2. The minimum Gasteiger partial charge on any atom is -0.483 e. The summed E-state index contributed by atoms with van der Waals surface area (Å²) >= 11 is 6.18. The van der Waals surface area contributed by atoms with Gasteiger partial charge in [-0.25, -0.2) is 0 Å². The van der Waals surface area contributed by atoms with E-state index < -0.39 is 0 Å². The molecule has 0 N–H and O–H groups in total. The minimum atomic E-state index is -0.0400. The van der Waals surface area contributed by atoms with E-state index in [1.807, 2.05) is 32.0 Å². The Balaban J connectivity index is 1.84. The van der Waals surface area contributed by atoms with Gasteiger partial charge in [-0.2, -0.15) is 0 Å². The summed E-state index contributed by atoms with van der Waals surface area (Å²) in [5.41, 5.74) is 3.43. The second kappa shape index (κ2) is 6.65. The van der Waals surface area contributed by atoms with Crippen molar-refractivity contribution in [2.75, 3.05) is 6.61 Å². The molecule has 0 aliphatic carbocycles. The van der Waals surface area contributed by atoms with Crippen molar-refractivity contribution in [2.45, 2.75) is 27.3 Å². The topological polar surface area (TPSA) is 44.1 Å². The molecule has 1 aromatic carbocycles. The van der Waals surface area contributed by atoms with Gasteiger partial charge < -0.3 is 9.30 Å². The quantitative estimate of drug-likeness (QED) is 0.637. The average Bonchev–Trinajstić information content (AvgIpc) is 2.88. The van der Waals surface area contributed by atoms with Gasteiger partial charge in [0, 0.05) is 35.1 Å². The molecule has 0 bridgehead atoms. The van der Waals surface area contributed by atoms with Gasteiger partial charge in [-0.1, -0.05) is 11.6 Å². The molecule has 0 saturated carbocycles. The van der Waals surface area contributed by atoms with Gasteiger partial charge in [-0.15, -0.1) is 0 Å². The van der Waals surface area contributed by atoms with E-state index in [9.17, 15) is 4.79 Å². The second-order valence-electron chi connectivity index (χ2n) is 5.69. The summed E-state index contributed by atoms with van der Waals surface area (Å²) in [6.07, 6.45) is 1.68. The van der Waals surface area contributed by atoms with Crippen LogP contribution in [-0.4, -0.2) is 21.9 Å². The molecule has 0 aliphatic heterocycles. The third-order valence-corrected chi connectivity index (χ3v) is 4.56. The molecule has 3 rings (SSSR count). The van der Waals surface area contributed by atoms with Crippen LogP contribution in [0.3, 0.4) is 0 Å². The summed E-state index contributed by atoms with van der Waals surface area (Å²) in [6, 6.07) is 9.13. The number of aryl methyl sites for hydroxylation is 1. The Bertz CT molecular complexity index is 915. The number of hydrogen-bond donors (Lipinski definition) is 0. The van der Waals surface area contributed by atoms with Crippen LogP contribution in [-0.2, 0) is 6.54 Å². The summed E-state index contributed by atoms with van der Waals surface area (Å²) in [5.74, 6) is 0.523. The molecule has 24 heavy (non-hydrogen) atoms. The lowest BCUT2D eigenvalue weighted by atomic mass is 10.1. The predicted octanol–water partition coefficient (Wildman–Crippen LogP) is 4.59. The highest BCUT2D eigenvalue weighted by Gasteiger charge is 2.16. The van der Waals surface area contributed by atoms with Gasteiger partial charge in [-0.05, 0) is 51.1 Å². The Morgan fingerprint density at radius 2 is 2.08 bits per heavy atom. The van der Waals surface area contributed by atoms with Crippen LogP contribution in [0.15, 0.2) is 36.5 Å². The molecule has 3 aromatic rings.